The summed E-state index contributed by atoms with van der Waals surface area (Å²) in [5, 5.41) is 3.29. The van der Waals surface area contributed by atoms with Crippen molar-refractivity contribution in [1.82, 2.24) is 15.3 Å². The third-order valence-electron chi connectivity index (χ3n) is 4.65. The number of para-hydroxylation sites is 2. The van der Waals surface area contributed by atoms with Crippen molar-refractivity contribution < 1.29 is 17.9 Å². The van der Waals surface area contributed by atoms with Gasteiger partial charge in [0.25, 0.3) is 16.5 Å². The molecule has 0 aliphatic carbocycles. The van der Waals surface area contributed by atoms with Crippen molar-refractivity contribution in [3.8, 4) is 0 Å². The third-order valence-corrected chi connectivity index (χ3v) is 6.01. The minimum absolute atomic E-state index is 0.196. The van der Waals surface area contributed by atoms with Gasteiger partial charge in [-0.05, 0) is 45.0 Å². The molecule has 0 bridgehead atoms. The lowest BCUT2D eigenvalue weighted by Gasteiger charge is -2.29. The molecule has 0 saturated carbocycles. The molecule has 0 amide bonds. The molecular weight excluding hydrogens is 442 g/mol. The Kier molecular flexibility index (Phi) is 7.83. The molecule has 10 heteroatoms. The summed E-state index contributed by atoms with van der Waals surface area (Å²) in [4.78, 5) is 21.1. The van der Waals surface area contributed by atoms with Gasteiger partial charge in [-0.1, -0.05) is 30.3 Å². The van der Waals surface area contributed by atoms with Crippen molar-refractivity contribution in [2.75, 3.05) is 35.8 Å². The van der Waals surface area contributed by atoms with E-state index in [1.165, 1.54) is 0 Å². The first-order valence-corrected chi connectivity index (χ1v) is 12.1. The van der Waals surface area contributed by atoms with Gasteiger partial charge in [0.2, 0.25) is 0 Å². The Balaban J connectivity index is 0.000000383. The number of fused-ring (bicyclic) bond motifs is 1. The number of aromatic nitrogens is 2. The highest BCUT2D eigenvalue weighted by Crippen LogP contribution is 2.27. The van der Waals surface area contributed by atoms with Crippen LogP contribution in [0.4, 0.5) is 11.6 Å². The molecule has 176 valence electrons. The molecule has 4 rings (SSSR count). The molecule has 1 aromatic heterocycles. The zero-order valence-corrected chi connectivity index (χ0v) is 19.8. The van der Waals surface area contributed by atoms with Crippen LogP contribution in [0.5, 0.6) is 0 Å². The topological polar surface area (TPSA) is 114 Å². The molecule has 2 N–H and O–H groups in total. The molecule has 33 heavy (non-hydrogen) atoms. The number of carbonyl (C=O) groups excluding carboxylic acids is 1. The van der Waals surface area contributed by atoms with E-state index >= 15 is 0 Å². The van der Waals surface area contributed by atoms with Gasteiger partial charge in [0.1, 0.15) is 5.60 Å². The molecule has 0 unspecified atom stereocenters. The number of rotatable bonds is 5. The fourth-order valence-corrected chi connectivity index (χ4v) is 4.11. The van der Waals surface area contributed by atoms with Crippen LogP contribution >= 0.6 is 0 Å². The lowest BCUT2D eigenvalue weighted by atomic mass is 10.2. The number of nitrogens with zero attached hydrogens (tertiary/aromatic N) is 3. The smallest absolute Gasteiger partial charge is 0.293 e. The van der Waals surface area contributed by atoms with Crippen LogP contribution in [0.3, 0.4) is 0 Å². The van der Waals surface area contributed by atoms with Crippen molar-refractivity contribution in [3.63, 3.8) is 0 Å². The molecule has 9 nitrogen and oxygen atoms in total. The van der Waals surface area contributed by atoms with E-state index in [0.29, 0.717) is 17.8 Å². The third kappa shape index (κ3) is 6.87. The summed E-state index contributed by atoms with van der Waals surface area (Å²) < 4.78 is 32.7. The Morgan fingerprint density at radius 1 is 0.970 bits per heavy atom. The standard InChI is InChI=1S/C18H19N5O2S.C5H10O2/c24-26(25,14-6-2-1-3-7-14)22-17-18(23-12-10-19-11-13-23)21-16-9-5-4-8-15(16)20-17;1-5(2,3)7-4-6/h1-9,19H,10-13H2,(H,20,22);4H,1-3H3. The predicted molar refractivity (Wildman–Crippen MR) is 129 cm³/mol. The normalized spacial score (nSPS) is 14.2. The summed E-state index contributed by atoms with van der Waals surface area (Å²) >= 11 is 0. The maximum Gasteiger partial charge on any atom is 0.293 e. The number of hydrogen-bond donors (Lipinski definition) is 2. The molecule has 1 aliphatic heterocycles. The van der Waals surface area contributed by atoms with Gasteiger partial charge in [-0.25, -0.2) is 18.4 Å². The Labute approximate surface area is 194 Å². The first kappa shape index (κ1) is 24.4. The summed E-state index contributed by atoms with van der Waals surface area (Å²) in [6.07, 6.45) is 0. The molecule has 2 aromatic carbocycles. The van der Waals surface area contributed by atoms with Crippen LogP contribution in [-0.2, 0) is 19.6 Å². The lowest BCUT2D eigenvalue weighted by molar-refractivity contribution is -0.138. The van der Waals surface area contributed by atoms with E-state index in [2.05, 4.69) is 29.6 Å². The molecular formula is C23H29N5O4S. The number of benzene rings is 2. The zero-order valence-electron chi connectivity index (χ0n) is 19.0. The van der Waals surface area contributed by atoms with Crippen LogP contribution in [0.25, 0.3) is 11.0 Å². The van der Waals surface area contributed by atoms with Crippen LogP contribution in [-0.4, -0.2) is 56.6 Å². The molecule has 2 heterocycles. The minimum Gasteiger partial charge on any atom is -0.462 e. The predicted octanol–water partition coefficient (Wildman–Crippen LogP) is 2.80. The minimum atomic E-state index is -3.74. The highest BCUT2D eigenvalue weighted by Gasteiger charge is 2.22. The largest absolute Gasteiger partial charge is 0.462 e. The van der Waals surface area contributed by atoms with E-state index < -0.39 is 10.0 Å². The lowest BCUT2D eigenvalue weighted by Crippen LogP contribution is -2.44. The van der Waals surface area contributed by atoms with E-state index in [4.69, 9.17) is 0 Å². The molecule has 1 aliphatic rings. The number of hydrogen-bond acceptors (Lipinski definition) is 8. The molecule has 1 saturated heterocycles. The fourth-order valence-electron chi connectivity index (χ4n) is 3.09. The van der Waals surface area contributed by atoms with Gasteiger partial charge in [0, 0.05) is 26.2 Å². The summed E-state index contributed by atoms with van der Waals surface area (Å²) in [7, 11) is -3.74. The van der Waals surface area contributed by atoms with Gasteiger partial charge in [-0.3, -0.25) is 9.52 Å². The Morgan fingerprint density at radius 2 is 1.55 bits per heavy atom. The number of sulfonamides is 1. The molecule has 0 spiro atoms. The van der Waals surface area contributed by atoms with Gasteiger partial charge < -0.3 is 15.0 Å². The SMILES string of the molecule is CC(C)(C)OC=O.O=S(=O)(Nc1nc2ccccc2nc1N1CCNCC1)c1ccccc1. The highest BCUT2D eigenvalue weighted by molar-refractivity contribution is 7.92. The second-order valence-electron chi connectivity index (χ2n) is 8.37. The average Bonchev–Trinajstić information content (AvgIpc) is 2.79. The van der Waals surface area contributed by atoms with E-state index in [0.717, 1.165) is 31.7 Å². The van der Waals surface area contributed by atoms with E-state index in [1.54, 1.807) is 30.3 Å². The van der Waals surface area contributed by atoms with Gasteiger partial charge in [-0.15, -0.1) is 0 Å². The highest BCUT2D eigenvalue weighted by atomic mass is 32.2. The Bertz CT molecular complexity index is 1170. The first-order chi connectivity index (χ1) is 15.7. The van der Waals surface area contributed by atoms with Crippen molar-refractivity contribution in [2.24, 2.45) is 0 Å². The molecule has 1 fully saturated rings. The number of piperazine rings is 1. The number of carbonyl (C=O) groups is 1. The maximum absolute atomic E-state index is 12.8. The summed E-state index contributed by atoms with van der Waals surface area (Å²) in [6.45, 7) is 9.04. The van der Waals surface area contributed by atoms with E-state index in [1.807, 2.05) is 45.0 Å². The number of anilines is 2. The van der Waals surface area contributed by atoms with Crippen molar-refractivity contribution >= 4 is 39.2 Å². The summed E-state index contributed by atoms with van der Waals surface area (Å²) in [5.41, 5.74) is 1.07. The maximum atomic E-state index is 12.8. The van der Waals surface area contributed by atoms with Gasteiger partial charge in [-0.2, -0.15) is 0 Å². The first-order valence-electron chi connectivity index (χ1n) is 10.6. The van der Waals surface area contributed by atoms with Crippen molar-refractivity contribution in [2.45, 2.75) is 31.3 Å². The van der Waals surface area contributed by atoms with E-state index in [-0.39, 0.29) is 16.3 Å². The Hall–Kier alpha value is -3.24. The number of ether oxygens (including phenoxy) is 1. The van der Waals surface area contributed by atoms with Crippen LogP contribution in [0.15, 0.2) is 59.5 Å². The van der Waals surface area contributed by atoms with Gasteiger partial charge in [0.15, 0.2) is 11.6 Å². The zero-order chi connectivity index (χ0) is 23.9. The molecule has 0 radical (unpaired) electrons. The second kappa shape index (κ2) is 10.6. The van der Waals surface area contributed by atoms with Gasteiger partial charge in [0.05, 0.1) is 15.9 Å². The molecule has 3 aromatic rings. The second-order valence-corrected chi connectivity index (χ2v) is 10.0. The van der Waals surface area contributed by atoms with Crippen LogP contribution in [0, 0.1) is 0 Å². The fraction of sp³-hybridized carbons (Fsp3) is 0.348. The summed E-state index contributed by atoms with van der Waals surface area (Å²) in [6, 6.07) is 15.7. The van der Waals surface area contributed by atoms with Crippen LogP contribution in [0.2, 0.25) is 0 Å². The van der Waals surface area contributed by atoms with E-state index in [9.17, 15) is 13.2 Å². The van der Waals surface area contributed by atoms with Crippen LogP contribution < -0.4 is 14.9 Å². The average molecular weight is 472 g/mol. The quantitative estimate of drug-likeness (QED) is 0.546. The van der Waals surface area contributed by atoms with Crippen molar-refractivity contribution in [3.05, 3.63) is 54.6 Å². The van der Waals surface area contributed by atoms with Crippen LogP contribution in [0.1, 0.15) is 20.8 Å². The monoisotopic (exact) mass is 471 g/mol. The van der Waals surface area contributed by atoms with Gasteiger partial charge >= 0.3 is 0 Å². The summed E-state index contributed by atoms with van der Waals surface area (Å²) in [5.74, 6) is 0.819. The Morgan fingerprint density at radius 3 is 2.09 bits per heavy atom. The van der Waals surface area contributed by atoms with Crippen molar-refractivity contribution in [1.29, 1.82) is 0 Å². The molecule has 0 atom stereocenters. The number of nitrogens with one attached hydrogen (secondary N) is 2.